The highest BCUT2D eigenvalue weighted by atomic mass is 32.2. The largest absolute Gasteiger partial charge is 0.487 e. The van der Waals surface area contributed by atoms with Gasteiger partial charge in [0.05, 0.1) is 6.54 Å². The van der Waals surface area contributed by atoms with Gasteiger partial charge in [0.1, 0.15) is 24.6 Å². The smallest absolute Gasteiger partial charge is 0.326 e. The van der Waals surface area contributed by atoms with Gasteiger partial charge in [0.25, 0.3) is 5.91 Å². The first-order chi connectivity index (χ1) is 17.8. The maximum atomic E-state index is 16.1. The number of nitrogens with one attached hydrogen (secondary N) is 2. The van der Waals surface area contributed by atoms with Gasteiger partial charge in [-0.05, 0) is 42.4 Å². The maximum absolute atomic E-state index is 16.1. The van der Waals surface area contributed by atoms with E-state index < -0.39 is 28.5 Å². The summed E-state index contributed by atoms with van der Waals surface area (Å²) in [6, 6.07) is 10.5. The Labute approximate surface area is 214 Å². The second-order valence-corrected chi connectivity index (χ2v) is 11.0. The summed E-state index contributed by atoms with van der Waals surface area (Å²) in [4.78, 5) is 26.3. The fourth-order valence-corrected chi connectivity index (χ4v) is 5.98. The summed E-state index contributed by atoms with van der Waals surface area (Å²) < 4.78 is 55.1. The topological polar surface area (TPSA) is 117 Å². The van der Waals surface area contributed by atoms with Crippen molar-refractivity contribution in [1.82, 2.24) is 14.9 Å². The van der Waals surface area contributed by atoms with Crippen LogP contribution >= 0.6 is 0 Å². The standard InChI is InChI=1S/C25H29FN4O6S/c26-23-20-14-29(25(32)27-13-17-7-10-35-11-8-17)9-6-19(20)12-21(36-16-18-4-2-1-3-5-18)24(23)30-15-22(31)28-37(30,33)34/h1-5,12,17H,6-11,13-16H2,(H,27,32)(H,28,31). The summed E-state index contributed by atoms with van der Waals surface area (Å²) in [6.07, 6.45) is 2.14. The summed E-state index contributed by atoms with van der Waals surface area (Å²) >= 11 is 0. The van der Waals surface area contributed by atoms with Crippen molar-refractivity contribution in [1.29, 1.82) is 0 Å². The quantitative estimate of drug-likeness (QED) is 0.589. The molecule has 37 heavy (non-hydrogen) atoms. The lowest BCUT2D eigenvalue weighted by molar-refractivity contribution is -0.117. The van der Waals surface area contributed by atoms with E-state index >= 15 is 4.39 Å². The summed E-state index contributed by atoms with van der Waals surface area (Å²) in [7, 11) is -4.28. The van der Waals surface area contributed by atoms with Crippen LogP contribution in [-0.4, -0.2) is 58.1 Å². The fourth-order valence-electron chi connectivity index (χ4n) is 4.82. The van der Waals surface area contributed by atoms with E-state index in [0.29, 0.717) is 48.5 Å². The lowest BCUT2D eigenvalue weighted by Gasteiger charge is -2.32. The second kappa shape index (κ2) is 10.5. The number of urea groups is 1. The number of halogens is 1. The van der Waals surface area contributed by atoms with Gasteiger partial charge < -0.3 is 19.7 Å². The molecule has 0 aromatic heterocycles. The summed E-state index contributed by atoms with van der Waals surface area (Å²) in [6.45, 7) is 1.75. The van der Waals surface area contributed by atoms with Crippen LogP contribution in [0.1, 0.15) is 29.5 Å². The van der Waals surface area contributed by atoms with Crippen molar-refractivity contribution in [3.63, 3.8) is 0 Å². The number of amides is 3. The Morgan fingerprint density at radius 3 is 2.65 bits per heavy atom. The first-order valence-corrected chi connectivity index (χ1v) is 13.7. The third kappa shape index (κ3) is 5.49. The molecule has 3 aliphatic rings. The minimum absolute atomic E-state index is 0.0256. The summed E-state index contributed by atoms with van der Waals surface area (Å²) in [5.74, 6) is -1.21. The summed E-state index contributed by atoms with van der Waals surface area (Å²) in [5.41, 5.74) is 1.33. The van der Waals surface area contributed by atoms with E-state index in [-0.39, 0.29) is 36.2 Å². The van der Waals surface area contributed by atoms with Gasteiger partial charge in [0.2, 0.25) is 0 Å². The molecule has 2 saturated heterocycles. The number of nitrogens with zero attached hydrogens (tertiary/aromatic N) is 2. The van der Waals surface area contributed by atoms with Crippen LogP contribution in [0.2, 0.25) is 0 Å². The number of rotatable bonds is 6. The Morgan fingerprint density at radius 1 is 1.19 bits per heavy atom. The number of hydrogen-bond donors (Lipinski definition) is 2. The van der Waals surface area contributed by atoms with Crippen LogP contribution in [0.3, 0.4) is 0 Å². The highest BCUT2D eigenvalue weighted by Gasteiger charge is 2.39. The molecular weight excluding hydrogens is 503 g/mol. The second-order valence-electron chi connectivity index (χ2n) is 9.40. The lowest BCUT2D eigenvalue weighted by atomic mass is 9.97. The summed E-state index contributed by atoms with van der Waals surface area (Å²) in [5, 5.41) is 2.93. The fraction of sp³-hybridized carbons (Fsp3) is 0.440. The van der Waals surface area contributed by atoms with E-state index in [4.69, 9.17) is 9.47 Å². The predicted octanol–water partition coefficient (Wildman–Crippen LogP) is 2.08. The van der Waals surface area contributed by atoms with Crippen LogP contribution in [-0.2, 0) is 39.3 Å². The molecule has 3 aliphatic heterocycles. The molecule has 5 rings (SSSR count). The molecule has 3 amide bonds. The minimum atomic E-state index is -4.28. The van der Waals surface area contributed by atoms with E-state index in [9.17, 15) is 18.0 Å². The molecule has 0 aliphatic carbocycles. The van der Waals surface area contributed by atoms with Gasteiger partial charge in [0.15, 0.2) is 5.82 Å². The third-order valence-corrected chi connectivity index (χ3v) is 8.25. The Balaban J connectivity index is 1.41. The molecule has 10 nitrogen and oxygen atoms in total. The Bertz CT molecular complexity index is 1280. The predicted molar refractivity (Wildman–Crippen MR) is 133 cm³/mol. The number of anilines is 1. The SMILES string of the molecule is O=C1CN(c2c(OCc3ccccc3)cc3c(c2F)CN(C(=O)NCC2CCOCC2)CC3)S(=O)(=O)N1. The van der Waals surface area contributed by atoms with Crippen LogP contribution in [0.5, 0.6) is 5.75 Å². The van der Waals surface area contributed by atoms with Gasteiger partial charge in [-0.3, -0.25) is 4.79 Å². The van der Waals surface area contributed by atoms with Crippen molar-refractivity contribution in [3.8, 4) is 5.75 Å². The monoisotopic (exact) mass is 532 g/mol. The van der Waals surface area contributed by atoms with Crippen molar-refractivity contribution in [3.05, 3.63) is 58.9 Å². The van der Waals surface area contributed by atoms with Gasteiger partial charge in [-0.25, -0.2) is 18.2 Å². The first-order valence-electron chi connectivity index (χ1n) is 12.3. The van der Waals surface area contributed by atoms with E-state index in [1.54, 1.807) is 6.07 Å². The highest BCUT2D eigenvalue weighted by molar-refractivity contribution is 7.92. The molecular formula is C25H29FN4O6S. The van der Waals surface area contributed by atoms with Crippen LogP contribution in [0.25, 0.3) is 0 Å². The van der Waals surface area contributed by atoms with E-state index in [2.05, 4.69) is 5.32 Å². The minimum Gasteiger partial charge on any atom is -0.487 e. The van der Waals surface area contributed by atoms with Crippen molar-refractivity contribution >= 4 is 27.8 Å². The first kappa shape index (κ1) is 25.3. The van der Waals surface area contributed by atoms with E-state index in [1.807, 2.05) is 35.1 Å². The van der Waals surface area contributed by atoms with Crippen molar-refractivity contribution < 1.29 is 31.9 Å². The van der Waals surface area contributed by atoms with Gasteiger partial charge in [-0.2, -0.15) is 8.42 Å². The zero-order chi connectivity index (χ0) is 26.0. The third-order valence-electron chi connectivity index (χ3n) is 6.88. The van der Waals surface area contributed by atoms with E-state index in [1.165, 1.54) is 4.90 Å². The molecule has 0 atom stereocenters. The molecule has 0 unspecified atom stereocenters. The molecule has 198 valence electrons. The molecule has 0 radical (unpaired) electrons. The number of carbonyl (C=O) groups is 2. The Morgan fingerprint density at radius 2 is 1.95 bits per heavy atom. The average molecular weight is 533 g/mol. The average Bonchev–Trinajstić information content (AvgIpc) is 3.18. The molecule has 12 heteroatoms. The Hall–Kier alpha value is -3.38. The van der Waals surface area contributed by atoms with Gasteiger partial charge >= 0.3 is 16.2 Å². The lowest BCUT2D eigenvalue weighted by Crippen LogP contribution is -2.45. The van der Waals surface area contributed by atoms with Crippen LogP contribution in [0, 0.1) is 11.7 Å². The number of hydrogen-bond acceptors (Lipinski definition) is 6. The number of fused-ring (bicyclic) bond motifs is 1. The van der Waals surface area contributed by atoms with Gasteiger partial charge in [0, 0.05) is 31.9 Å². The van der Waals surface area contributed by atoms with Crippen molar-refractivity contribution in [2.45, 2.75) is 32.4 Å². The van der Waals surface area contributed by atoms with Crippen molar-refractivity contribution in [2.75, 3.05) is 37.2 Å². The molecule has 0 spiro atoms. The van der Waals surface area contributed by atoms with Crippen molar-refractivity contribution in [2.24, 2.45) is 5.92 Å². The Kier molecular flexibility index (Phi) is 7.20. The zero-order valence-corrected chi connectivity index (χ0v) is 21.1. The van der Waals surface area contributed by atoms with Crippen LogP contribution in [0.15, 0.2) is 36.4 Å². The normalized spacial score (nSPS) is 19.3. The molecule has 2 N–H and O–H groups in total. The number of benzene rings is 2. The molecule has 2 aromatic rings. The number of carbonyl (C=O) groups excluding carboxylic acids is 2. The molecule has 2 aromatic carbocycles. The maximum Gasteiger partial charge on any atom is 0.326 e. The molecule has 0 bridgehead atoms. The van der Waals surface area contributed by atoms with Gasteiger partial charge in [-0.1, -0.05) is 30.3 Å². The molecule has 3 heterocycles. The van der Waals surface area contributed by atoms with Crippen LogP contribution in [0.4, 0.5) is 14.9 Å². The van der Waals surface area contributed by atoms with Gasteiger partial charge in [-0.15, -0.1) is 0 Å². The highest BCUT2D eigenvalue weighted by Crippen LogP contribution is 2.40. The molecule has 0 saturated carbocycles. The number of ether oxygens (including phenoxy) is 2. The van der Waals surface area contributed by atoms with Crippen LogP contribution < -0.4 is 19.1 Å². The zero-order valence-electron chi connectivity index (χ0n) is 20.2. The van der Waals surface area contributed by atoms with E-state index in [0.717, 1.165) is 18.4 Å². The molecule has 2 fully saturated rings.